The Kier molecular flexibility index (Phi) is 5.31. The van der Waals surface area contributed by atoms with Crippen LogP contribution in [0.3, 0.4) is 0 Å². The van der Waals surface area contributed by atoms with Crippen LogP contribution in [0.15, 0.2) is 46.9 Å². The zero-order chi connectivity index (χ0) is 16.1. The molecule has 0 amide bonds. The predicted octanol–water partition coefficient (Wildman–Crippen LogP) is 4.40. The van der Waals surface area contributed by atoms with Crippen LogP contribution in [0.5, 0.6) is 5.75 Å². The first-order valence-corrected chi connectivity index (χ1v) is 8.61. The molecule has 120 valence electrons. The Bertz CT molecular complexity index is 752. The van der Waals surface area contributed by atoms with Crippen LogP contribution < -0.4 is 10.1 Å². The standard InChI is InChI=1S/C18H20BrN3O/c1-2-9-23-17-8-7-13(10-14(17)19)11-20-12-18-21-15-5-3-4-6-16(15)22-18/h3-8,10,20H,2,9,11-12H2,1H3,(H,21,22). The fraction of sp³-hybridized carbons (Fsp3) is 0.278. The summed E-state index contributed by atoms with van der Waals surface area (Å²) in [5.41, 5.74) is 3.28. The second-order valence-corrected chi connectivity index (χ2v) is 6.27. The van der Waals surface area contributed by atoms with E-state index in [4.69, 9.17) is 4.74 Å². The number of nitrogens with zero attached hydrogens (tertiary/aromatic N) is 1. The zero-order valence-corrected chi connectivity index (χ0v) is 14.7. The molecule has 0 atom stereocenters. The van der Waals surface area contributed by atoms with Gasteiger partial charge in [0.05, 0.1) is 28.7 Å². The van der Waals surface area contributed by atoms with Gasteiger partial charge in [-0.3, -0.25) is 0 Å². The Balaban J connectivity index is 1.56. The Morgan fingerprint density at radius 3 is 2.83 bits per heavy atom. The molecule has 5 heteroatoms. The van der Waals surface area contributed by atoms with Gasteiger partial charge in [0.25, 0.3) is 0 Å². The van der Waals surface area contributed by atoms with Gasteiger partial charge in [0.2, 0.25) is 0 Å². The van der Waals surface area contributed by atoms with E-state index in [-0.39, 0.29) is 0 Å². The third-order valence-electron chi connectivity index (χ3n) is 3.52. The molecule has 0 aliphatic heterocycles. The van der Waals surface area contributed by atoms with Crippen LogP contribution >= 0.6 is 15.9 Å². The summed E-state index contributed by atoms with van der Waals surface area (Å²) in [5, 5.41) is 3.41. The number of hydrogen-bond acceptors (Lipinski definition) is 3. The molecule has 1 aromatic heterocycles. The molecule has 2 N–H and O–H groups in total. The van der Waals surface area contributed by atoms with Crippen molar-refractivity contribution in [1.29, 1.82) is 0 Å². The molecule has 1 heterocycles. The van der Waals surface area contributed by atoms with E-state index in [0.717, 1.165) is 46.7 Å². The average molecular weight is 374 g/mol. The molecular formula is C18H20BrN3O. The summed E-state index contributed by atoms with van der Waals surface area (Å²) in [6.45, 7) is 4.33. The Labute approximate surface area is 144 Å². The van der Waals surface area contributed by atoms with Crippen molar-refractivity contribution in [2.24, 2.45) is 0 Å². The molecule has 4 nitrogen and oxygen atoms in total. The molecule has 3 aromatic rings. The summed E-state index contributed by atoms with van der Waals surface area (Å²) in [6, 6.07) is 14.3. The molecule has 0 saturated carbocycles. The largest absolute Gasteiger partial charge is 0.492 e. The molecule has 0 saturated heterocycles. The molecule has 0 spiro atoms. The molecule has 0 radical (unpaired) electrons. The quantitative estimate of drug-likeness (QED) is 0.644. The molecule has 0 fully saturated rings. The summed E-state index contributed by atoms with van der Waals surface area (Å²) in [4.78, 5) is 7.88. The molecule has 0 aliphatic carbocycles. The van der Waals surface area contributed by atoms with E-state index in [1.165, 1.54) is 5.56 Å². The lowest BCUT2D eigenvalue weighted by molar-refractivity contribution is 0.315. The minimum Gasteiger partial charge on any atom is -0.492 e. The monoisotopic (exact) mass is 373 g/mol. The summed E-state index contributed by atoms with van der Waals surface area (Å²) in [7, 11) is 0. The number of halogens is 1. The summed E-state index contributed by atoms with van der Waals surface area (Å²) >= 11 is 3.57. The number of para-hydroxylation sites is 2. The van der Waals surface area contributed by atoms with Crippen molar-refractivity contribution in [2.45, 2.75) is 26.4 Å². The van der Waals surface area contributed by atoms with Gasteiger partial charge in [0, 0.05) is 6.54 Å². The first kappa shape index (κ1) is 16.0. The molecular weight excluding hydrogens is 354 g/mol. The Morgan fingerprint density at radius 2 is 2.04 bits per heavy atom. The van der Waals surface area contributed by atoms with E-state index in [1.54, 1.807) is 0 Å². The maximum absolute atomic E-state index is 5.67. The van der Waals surface area contributed by atoms with E-state index >= 15 is 0 Å². The number of ether oxygens (including phenoxy) is 1. The normalized spacial score (nSPS) is 11.0. The van der Waals surface area contributed by atoms with Gasteiger partial charge in [-0.25, -0.2) is 4.98 Å². The highest BCUT2D eigenvalue weighted by Gasteiger charge is 2.04. The average Bonchev–Trinajstić information content (AvgIpc) is 2.97. The topological polar surface area (TPSA) is 49.9 Å². The highest BCUT2D eigenvalue weighted by molar-refractivity contribution is 9.10. The fourth-order valence-corrected chi connectivity index (χ4v) is 2.94. The number of nitrogens with one attached hydrogen (secondary N) is 2. The van der Waals surface area contributed by atoms with E-state index < -0.39 is 0 Å². The van der Waals surface area contributed by atoms with Crippen molar-refractivity contribution < 1.29 is 4.74 Å². The summed E-state index contributed by atoms with van der Waals surface area (Å²) < 4.78 is 6.66. The number of rotatable bonds is 7. The van der Waals surface area contributed by atoms with Gasteiger partial charge in [0.15, 0.2) is 0 Å². The predicted molar refractivity (Wildman–Crippen MR) is 96.6 cm³/mol. The number of aromatic nitrogens is 2. The van der Waals surface area contributed by atoms with Crippen LogP contribution in [-0.4, -0.2) is 16.6 Å². The lowest BCUT2D eigenvalue weighted by Crippen LogP contribution is -2.13. The first-order chi connectivity index (χ1) is 11.3. The minimum atomic E-state index is 0.709. The van der Waals surface area contributed by atoms with Gasteiger partial charge < -0.3 is 15.0 Å². The zero-order valence-electron chi connectivity index (χ0n) is 13.1. The van der Waals surface area contributed by atoms with E-state index in [0.29, 0.717) is 6.54 Å². The molecule has 0 unspecified atom stereocenters. The van der Waals surface area contributed by atoms with E-state index in [9.17, 15) is 0 Å². The molecule has 23 heavy (non-hydrogen) atoms. The summed E-state index contributed by atoms with van der Waals surface area (Å²) in [6.07, 6.45) is 1.01. The number of fused-ring (bicyclic) bond motifs is 1. The molecule has 2 aromatic carbocycles. The third-order valence-corrected chi connectivity index (χ3v) is 4.14. The number of hydrogen-bond donors (Lipinski definition) is 2. The van der Waals surface area contributed by atoms with Crippen LogP contribution in [0, 0.1) is 0 Å². The Hall–Kier alpha value is -1.85. The SMILES string of the molecule is CCCOc1ccc(CNCc2nc3ccccc3[nH]2)cc1Br. The maximum atomic E-state index is 5.67. The van der Waals surface area contributed by atoms with E-state index in [1.807, 2.05) is 30.3 Å². The van der Waals surface area contributed by atoms with Crippen molar-refractivity contribution in [3.8, 4) is 5.75 Å². The second kappa shape index (κ2) is 7.62. The summed E-state index contributed by atoms with van der Waals surface area (Å²) in [5.74, 6) is 1.85. The number of aromatic amines is 1. The van der Waals surface area contributed by atoms with Crippen molar-refractivity contribution in [1.82, 2.24) is 15.3 Å². The number of imidazole rings is 1. The van der Waals surface area contributed by atoms with Gasteiger partial charge >= 0.3 is 0 Å². The third kappa shape index (κ3) is 4.12. The lowest BCUT2D eigenvalue weighted by Gasteiger charge is -2.09. The minimum absolute atomic E-state index is 0.709. The molecule has 0 bridgehead atoms. The van der Waals surface area contributed by atoms with E-state index in [2.05, 4.69) is 50.3 Å². The van der Waals surface area contributed by atoms with Crippen LogP contribution in [0.4, 0.5) is 0 Å². The molecule has 3 rings (SSSR count). The van der Waals surface area contributed by atoms with Gasteiger partial charge in [0.1, 0.15) is 11.6 Å². The van der Waals surface area contributed by atoms with Crippen molar-refractivity contribution >= 4 is 27.0 Å². The van der Waals surface area contributed by atoms with Gasteiger partial charge in [-0.15, -0.1) is 0 Å². The van der Waals surface area contributed by atoms with Gasteiger partial charge in [-0.1, -0.05) is 25.1 Å². The maximum Gasteiger partial charge on any atom is 0.133 e. The van der Waals surface area contributed by atoms with Crippen LogP contribution in [0.1, 0.15) is 24.7 Å². The smallest absolute Gasteiger partial charge is 0.133 e. The second-order valence-electron chi connectivity index (χ2n) is 5.42. The fourth-order valence-electron chi connectivity index (χ4n) is 2.40. The molecule has 0 aliphatic rings. The highest BCUT2D eigenvalue weighted by atomic mass is 79.9. The van der Waals surface area contributed by atoms with Gasteiger partial charge in [-0.05, 0) is 52.2 Å². The van der Waals surface area contributed by atoms with Crippen LogP contribution in [0.25, 0.3) is 11.0 Å². The lowest BCUT2D eigenvalue weighted by atomic mass is 10.2. The van der Waals surface area contributed by atoms with Gasteiger partial charge in [-0.2, -0.15) is 0 Å². The van der Waals surface area contributed by atoms with Crippen LogP contribution in [0.2, 0.25) is 0 Å². The van der Waals surface area contributed by atoms with Crippen molar-refractivity contribution in [3.63, 3.8) is 0 Å². The Morgan fingerprint density at radius 1 is 1.17 bits per heavy atom. The highest BCUT2D eigenvalue weighted by Crippen LogP contribution is 2.26. The van der Waals surface area contributed by atoms with Crippen molar-refractivity contribution in [2.75, 3.05) is 6.61 Å². The number of benzene rings is 2. The van der Waals surface area contributed by atoms with Crippen LogP contribution in [-0.2, 0) is 13.1 Å². The number of H-pyrrole nitrogens is 1. The first-order valence-electron chi connectivity index (χ1n) is 7.82. The van der Waals surface area contributed by atoms with Crippen molar-refractivity contribution in [3.05, 3.63) is 58.3 Å².